The molecule has 1 amide bonds. The Morgan fingerprint density at radius 3 is 2.80 bits per heavy atom. The molecule has 4 rings (SSSR count). The molecule has 0 spiro atoms. The maximum Gasteiger partial charge on any atom is 0.231 e. The summed E-state index contributed by atoms with van der Waals surface area (Å²) in [5.74, 6) is 0.644. The average Bonchev–Trinajstić information content (AvgIpc) is 3.20. The van der Waals surface area contributed by atoms with Gasteiger partial charge < -0.3 is 10.6 Å². The standard InChI is InChI=1S/C19H22N4OS/c1-19(9-17(24)23(3)18(20)21-19)13-4-5-16-14(8-13)15(10-22(16)2)12-6-7-25-11-12/h4-8,11,15H,9-10H2,1-3H3,(H2,20,21)/t15?,19-/m0/s1. The van der Waals surface area contributed by atoms with Crippen LogP contribution in [0.1, 0.15) is 36.0 Å². The molecule has 3 heterocycles. The van der Waals surface area contributed by atoms with E-state index in [1.54, 1.807) is 18.4 Å². The first kappa shape index (κ1) is 16.1. The SMILES string of the molecule is CN1C(=O)C[C@@](C)(c2ccc3c(c2)C(c2ccsc2)CN3C)N=C1N. The van der Waals surface area contributed by atoms with Crippen LogP contribution in [0.25, 0.3) is 0 Å². The summed E-state index contributed by atoms with van der Waals surface area (Å²) in [6.45, 7) is 2.96. The molecule has 2 atom stereocenters. The zero-order valence-electron chi connectivity index (χ0n) is 14.7. The number of hydrogen-bond donors (Lipinski definition) is 1. The van der Waals surface area contributed by atoms with Gasteiger partial charge in [-0.15, -0.1) is 0 Å². The molecule has 25 heavy (non-hydrogen) atoms. The van der Waals surface area contributed by atoms with Crippen molar-refractivity contribution in [1.29, 1.82) is 0 Å². The fourth-order valence-electron chi connectivity index (χ4n) is 3.82. The van der Waals surface area contributed by atoms with E-state index in [4.69, 9.17) is 5.73 Å². The number of fused-ring (bicyclic) bond motifs is 1. The summed E-state index contributed by atoms with van der Waals surface area (Å²) in [4.78, 5) is 20.6. The molecule has 2 aliphatic heterocycles. The number of benzene rings is 1. The minimum absolute atomic E-state index is 0.00185. The Kier molecular flexibility index (Phi) is 3.61. The lowest BCUT2D eigenvalue weighted by Gasteiger charge is -2.34. The van der Waals surface area contributed by atoms with Gasteiger partial charge in [0.25, 0.3) is 0 Å². The highest BCUT2D eigenvalue weighted by Crippen LogP contribution is 2.43. The smallest absolute Gasteiger partial charge is 0.231 e. The molecular weight excluding hydrogens is 332 g/mol. The zero-order chi connectivity index (χ0) is 17.8. The molecule has 1 unspecified atom stereocenters. The summed E-state index contributed by atoms with van der Waals surface area (Å²) in [6, 6.07) is 8.65. The quantitative estimate of drug-likeness (QED) is 0.902. The largest absolute Gasteiger partial charge is 0.373 e. The Bertz CT molecular complexity index is 860. The fourth-order valence-corrected chi connectivity index (χ4v) is 4.53. The molecule has 0 bridgehead atoms. The van der Waals surface area contributed by atoms with Crippen LogP contribution >= 0.6 is 11.3 Å². The Balaban J connectivity index is 1.79. The van der Waals surface area contributed by atoms with E-state index >= 15 is 0 Å². The molecule has 2 N–H and O–H groups in total. The minimum Gasteiger partial charge on any atom is -0.373 e. The summed E-state index contributed by atoms with van der Waals surface area (Å²) in [5.41, 5.74) is 10.3. The third-order valence-electron chi connectivity index (χ3n) is 5.41. The van der Waals surface area contributed by atoms with E-state index < -0.39 is 5.54 Å². The molecule has 2 aromatic rings. The van der Waals surface area contributed by atoms with Crippen LogP contribution in [0.4, 0.5) is 5.69 Å². The summed E-state index contributed by atoms with van der Waals surface area (Å²) < 4.78 is 0. The summed E-state index contributed by atoms with van der Waals surface area (Å²) in [5, 5.41) is 4.34. The average molecular weight is 354 g/mol. The van der Waals surface area contributed by atoms with E-state index in [-0.39, 0.29) is 11.9 Å². The molecule has 130 valence electrons. The van der Waals surface area contributed by atoms with Gasteiger partial charge in [0.15, 0.2) is 5.96 Å². The predicted molar refractivity (Wildman–Crippen MR) is 102 cm³/mol. The summed E-state index contributed by atoms with van der Waals surface area (Å²) in [6.07, 6.45) is 0.335. The zero-order valence-corrected chi connectivity index (χ0v) is 15.5. The maximum absolute atomic E-state index is 12.3. The predicted octanol–water partition coefficient (Wildman–Crippen LogP) is 2.72. The van der Waals surface area contributed by atoms with E-state index in [0.29, 0.717) is 12.3 Å². The molecule has 0 aliphatic carbocycles. The van der Waals surface area contributed by atoms with E-state index in [9.17, 15) is 4.79 Å². The van der Waals surface area contributed by atoms with Crippen molar-refractivity contribution in [2.75, 3.05) is 25.5 Å². The number of hydrogen-bond acceptors (Lipinski definition) is 5. The van der Waals surface area contributed by atoms with Gasteiger partial charge in [0, 0.05) is 32.2 Å². The number of amides is 1. The van der Waals surface area contributed by atoms with Crippen LogP contribution in [0.15, 0.2) is 40.0 Å². The van der Waals surface area contributed by atoms with Gasteiger partial charge in [0.05, 0.1) is 12.0 Å². The van der Waals surface area contributed by atoms with Crippen LogP contribution in [0.2, 0.25) is 0 Å². The van der Waals surface area contributed by atoms with Crippen molar-refractivity contribution in [1.82, 2.24) is 4.90 Å². The highest BCUT2D eigenvalue weighted by Gasteiger charge is 2.38. The Morgan fingerprint density at radius 2 is 2.12 bits per heavy atom. The number of guanidine groups is 1. The second-order valence-corrected chi connectivity index (χ2v) is 7.92. The Labute approximate surface area is 151 Å². The minimum atomic E-state index is -0.608. The van der Waals surface area contributed by atoms with Crippen LogP contribution in [0, 0.1) is 0 Å². The Hall–Kier alpha value is -2.34. The number of nitrogens with two attached hydrogens (primary N) is 1. The van der Waals surface area contributed by atoms with Crippen LogP contribution < -0.4 is 10.6 Å². The fraction of sp³-hybridized carbons (Fsp3) is 0.368. The second-order valence-electron chi connectivity index (χ2n) is 7.14. The summed E-state index contributed by atoms with van der Waals surface area (Å²) in [7, 11) is 3.80. The molecule has 0 fully saturated rings. The van der Waals surface area contributed by atoms with Gasteiger partial charge >= 0.3 is 0 Å². The highest BCUT2D eigenvalue weighted by molar-refractivity contribution is 7.08. The number of carbonyl (C=O) groups excluding carboxylic acids is 1. The number of likely N-dealkylation sites (N-methyl/N-ethyl adjacent to an activating group) is 1. The van der Waals surface area contributed by atoms with Gasteiger partial charge in [-0.3, -0.25) is 9.69 Å². The maximum atomic E-state index is 12.3. The van der Waals surface area contributed by atoms with E-state index in [1.807, 2.05) is 6.92 Å². The van der Waals surface area contributed by atoms with Crippen molar-refractivity contribution in [2.45, 2.75) is 24.8 Å². The van der Waals surface area contributed by atoms with Crippen molar-refractivity contribution in [2.24, 2.45) is 10.7 Å². The van der Waals surface area contributed by atoms with Crippen molar-refractivity contribution in [3.63, 3.8) is 0 Å². The van der Waals surface area contributed by atoms with Crippen molar-refractivity contribution in [3.05, 3.63) is 51.7 Å². The van der Waals surface area contributed by atoms with Crippen molar-refractivity contribution < 1.29 is 4.79 Å². The molecule has 6 heteroatoms. The Morgan fingerprint density at radius 1 is 1.32 bits per heavy atom. The first-order valence-electron chi connectivity index (χ1n) is 8.38. The third-order valence-corrected chi connectivity index (χ3v) is 6.11. The molecule has 5 nitrogen and oxygen atoms in total. The van der Waals surface area contributed by atoms with Gasteiger partial charge in [-0.25, -0.2) is 4.99 Å². The van der Waals surface area contributed by atoms with Gasteiger partial charge in [-0.1, -0.05) is 12.1 Å². The topological polar surface area (TPSA) is 61.9 Å². The molecule has 1 aromatic heterocycles. The van der Waals surface area contributed by atoms with Gasteiger partial charge in [0.1, 0.15) is 0 Å². The second kappa shape index (κ2) is 5.59. The van der Waals surface area contributed by atoms with Crippen molar-refractivity contribution in [3.8, 4) is 0 Å². The number of thiophene rings is 1. The van der Waals surface area contributed by atoms with Gasteiger partial charge in [-0.2, -0.15) is 11.3 Å². The van der Waals surface area contributed by atoms with Crippen LogP contribution in [-0.4, -0.2) is 37.4 Å². The van der Waals surface area contributed by atoms with Crippen LogP contribution in [0.5, 0.6) is 0 Å². The van der Waals surface area contributed by atoms with Crippen LogP contribution in [-0.2, 0) is 10.3 Å². The number of anilines is 1. The van der Waals surface area contributed by atoms with Gasteiger partial charge in [-0.05, 0) is 46.5 Å². The van der Waals surface area contributed by atoms with E-state index in [0.717, 1.165) is 12.1 Å². The molecule has 1 aromatic carbocycles. The normalized spacial score (nSPS) is 26.0. The number of rotatable bonds is 2. The lowest BCUT2D eigenvalue weighted by atomic mass is 9.84. The molecular formula is C19H22N4OS. The molecule has 0 radical (unpaired) electrons. The van der Waals surface area contributed by atoms with E-state index in [1.165, 1.54) is 21.7 Å². The number of nitrogens with zero attached hydrogens (tertiary/aromatic N) is 3. The third kappa shape index (κ3) is 2.52. The highest BCUT2D eigenvalue weighted by atomic mass is 32.1. The molecule has 0 saturated carbocycles. The molecule has 0 saturated heterocycles. The number of aliphatic imine (C=N–C) groups is 1. The van der Waals surface area contributed by atoms with Gasteiger partial charge in [0.2, 0.25) is 5.91 Å². The first-order chi connectivity index (χ1) is 11.9. The first-order valence-corrected chi connectivity index (χ1v) is 9.33. The summed E-state index contributed by atoms with van der Waals surface area (Å²) >= 11 is 1.73. The lowest BCUT2D eigenvalue weighted by molar-refractivity contribution is -0.128. The van der Waals surface area contributed by atoms with E-state index in [2.05, 4.69) is 52.0 Å². The monoisotopic (exact) mass is 354 g/mol. The van der Waals surface area contributed by atoms with Crippen LogP contribution in [0.3, 0.4) is 0 Å². The molecule has 2 aliphatic rings. The lowest BCUT2D eigenvalue weighted by Crippen LogP contribution is -2.47. The van der Waals surface area contributed by atoms with Crippen molar-refractivity contribution >= 4 is 28.9 Å². The number of carbonyl (C=O) groups is 1.